The standard InChI is InChI=1S/C26H33N5O10S2/c1-15-18(29-20(32)19(17-13-42-24(27)28-17)30-41-26(4,5)23(35)36)21(33)31(15)43(37,38)40-14-25(2,3)11-12-39-22(34)16-9-7-6-8-10-16/h6-10,13,15,18H,11-12,14H2,1-5H3,(H2,27,28)(H,29,32)(H,35,36)/t15-,18-/m0/s1. The van der Waals surface area contributed by atoms with Gasteiger partial charge in [-0.15, -0.1) is 11.3 Å². The quantitative estimate of drug-likeness (QED) is 0.116. The second-order valence-corrected chi connectivity index (χ2v) is 13.3. The fourth-order valence-electron chi connectivity index (χ4n) is 3.54. The molecule has 43 heavy (non-hydrogen) atoms. The molecule has 1 aliphatic heterocycles. The molecule has 0 radical (unpaired) electrons. The van der Waals surface area contributed by atoms with E-state index in [0.29, 0.717) is 9.87 Å². The van der Waals surface area contributed by atoms with Crippen LogP contribution in [0.4, 0.5) is 5.13 Å². The highest BCUT2D eigenvalue weighted by atomic mass is 32.2. The molecule has 234 valence electrons. The van der Waals surface area contributed by atoms with Crippen LogP contribution >= 0.6 is 11.3 Å². The highest BCUT2D eigenvalue weighted by molar-refractivity contribution is 7.85. The third kappa shape index (κ3) is 8.26. The number of thiazole rings is 1. The summed E-state index contributed by atoms with van der Waals surface area (Å²) in [7, 11) is -4.54. The first-order valence-corrected chi connectivity index (χ1v) is 15.2. The molecular weight excluding hydrogens is 606 g/mol. The largest absolute Gasteiger partial charge is 0.478 e. The number of anilines is 1. The molecule has 0 bridgehead atoms. The number of carbonyl (C=O) groups excluding carboxylic acids is 3. The van der Waals surface area contributed by atoms with Gasteiger partial charge in [0.25, 0.3) is 11.8 Å². The fourth-order valence-corrected chi connectivity index (χ4v) is 5.54. The van der Waals surface area contributed by atoms with E-state index in [1.165, 1.54) is 26.2 Å². The zero-order valence-corrected chi connectivity index (χ0v) is 25.7. The molecule has 0 unspecified atom stereocenters. The van der Waals surface area contributed by atoms with Crippen LogP contribution in [0.2, 0.25) is 0 Å². The highest BCUT2D eigenvalue weighted by Gasteiger charge is 2.53. The van der Waals surface area contributed by atoms with Crippen LogP contribution in [0.15, 0.2) is 40.9 Å². The van der Waals surface area contributed by atoms with Crippen LogP contribution in [0.3, 0.4) is 0 Å². The number of nitrogens with two attached hydrogens (primary N) is 1. The Morgan fingerprint density at radius 3 is 2.40 bits per heavy atom. The SMILES string of the molecule is C[C@H]1[C@H](NC(=O)C(=NOC(C)(C)C(=O)O)c2csc(N)n2)C(=O)N1S(=O)(=O)OCC(C)(C)CCOC(=O)c1ccccc1. The molecule has 3 rings (SSSR count). The van der Waals surface area contributed by atoms with Gasteiger partial charge < -0.3 is 25.7 Å². The van der Waals surface area contributed by atoms with Crippen LogP contribution in [0.25, 0.3) is 0 Å². The van der Waals surface area contributed by atoms with E-state index in [-0.39, 0.29) is 30.5 Å². The molecule has 1 aromatic heterocycles. The van der Waals surface area contributed by atoms with Crippen LogP contribution in [0, 0.1) is 5.41 Å². The van der Waals surface area contributed by atoms with E-state index in [9.17, 15) is 32.7 Å². The molecule has 17 heteroatoms. The number of carbonyl (C=O) groups is 4. The van der Waals surface area contributed by atoms with Crippen LogP contribution in [0.5, 0.6) is 0 Å². The van der Waals surface area contributed by atoms with Gasteiger partial charge in [-0.05, 0) is 44.7 Å². The number of β-lactam (4-membered cyclic amide) rings is 1. The summed E-state index contributed by atoms with van der Waals surface area (Å²) in [4.78, 5) is 58.4. The number of nitrogens with one attached hydrogen (secondary N) is 1. The zero-order valence-electron chi connectivity index (χ0n) is 24.1. The first-order valence-electron chi connectivity index (χ1n) is 12.9. The minimum atomic E-state index is -4.54. The second kappa shape index (κ2) is 13.0. The topological polar surface area (TPSA) is 217 Å². The number of nitrogen functional groups attached to an aromatic ring is 1. The van der Waals surface area contributed by atoms with Crippen molar-refractivity contribution in [1.82, 2.24) is 14.6 Å². The second-order valence-electron chi connectivity index (χ2n) is 10.9. The summed E-state index contributed by atoms with van der Waals surface area (Å²) in [6.07, 6.45) is 0.271. The fraction of sp³-hybridized carbons (Fsp3) is 0.462. The van der Waals surface area contributed by atoms with Crippen LogP contribution in [-0.4, -0.2) is 83.2 Å². The molecule has 1 fully saturated rings. The summed E-state index contributed by atoms with van der Waals surface area (Å²) in [5.41, 5.74) is 2.98. The van der Waals surface area contributed by atoms with Crippen LogP contribution in [-0.2, 0) is 38.4 Å². The van der Waals surface area contributed by atoms with Gasteiger partial charge >= 0.3 is 22.2 Å². The monoisotopic (exact) mass is 639 g/mol. The summed E-state index contributed by atoms with van der Waals surface area (Å²) in [5, 5.41) is 16.8. The van der Waals surface area contributed by atoms with Crippen LogP contribution < -0.4 is 11.1 Å². The van der Waals surface area contributed by atoms with Gasteiger partial charge in [-0.2, -0.15) is 8.42 Å². The van der Waals surface area contributed by atoms with Crippen molar-refractivity contribution >= 4 is 56.2 Å². The van der Waals surface area contributed by atoms with E-state index in [4.69, 9.17) is 19.5 Å². The van der Waals surface area contributed by atoms with E-state index < -0.39 is 62.9 Å². The Hall–Kier alpha value is -4.09. The third-order valence-electron chi connectivity index (χ3n) is 6.34. The summed E-state index contributed by atoms with van der Waals surface area (Å²) in [5.74, 6) is -3.80. The Labute approximate surface area is 252 Å². The molecule has 1 saturated heterocycles. The highest BCUT2D eigenvalue weighted by Crippen LogP contribution is 2.28. The molecule has 2 amide bonds. The number of aliphatic carboxylic acids is 1. The van der Waals surface area contributed by atoms with Crippen molar-refractivity contribution < 1.29 is 46.5 Å². The lowest BCUT2D eigenvalue weighted by atomic mass is 9.91. The molecule has 2 aromatic rings. The predicted molar refractivity (Wildman–Crippen MR) is 154 cm³/mol. The maximum absolute atomic E-state index is 13.1. The summed E-state index contributed by atoms with van der Waals surface area (Å²) < 4.78 is 36.7. The van der Waals surface area contributed by atoms with Crippen molar-refractivity contribution in [3.63, 3.8) is 0 Å². The Kier molecular flexibility index (Phi) is 10.1. The van der Waals surface area contributed by atoms with Gasteiger partial charge in [0.05, 0.1) is 24.8 Å². The molecule has 2 atom stereocenters. The van der Waals surface area contributed by atoms with Crippen molar-refractivity contribution in [1.29, 1.82) is 0 Å². The Bertz CT molecular complexity index is 1500. The maximum atomic E-state index is 13.1. The van der Waals surface area contributed by atoms with Crippen molar-refractivity contribution in [2.75, 3.05) is 18.9 Å². The van der Waals surface area contributed by atoms with Crippen molar-refractivity contribution in [2.24, 2.45) is 10.6 Å². The molecular formula is C26H33N5O10S2. The minimum Gasteiger partial charge on any atom is -0.478 e. The van der Waals surface area contributed by atoms with Gasteiger partial charge in [-0.1, -0.05) is 37.2 Å². The number of carboxylic acids is 1. The molecule has 1 aromatic carbocycles. The Morgan fingerprint density at radius 2 is 1.84 bits per heavy atom. The Morgan fingerprint density at radius 1 is 1.19 bits per heavy atom. The normalized spacial score (nSPS) is 17.7. The molecule has 15 nitrogen and oxygen atoms in total. The number of aromatic nitrogens is 1. The number of hydrogen-bond acceptors (Lipinski definition) is 13. The average Bonchev–Trinajstić information content (AvgIpc) is 3.36. The van der Waals surface area contributed by atoms with Gasteiger partial charge in [0, 0.05) is 5.38 Å². The van der Waals surface area contributed by atoms with Gasteiger partial charge in [0.1, 0.15) is 11.7 Å². The van der Waals surface area contributed by atoms with Crippen LogP contribution in [0.1, 0.15) is 57.1 Å². The summed E-state index contributed by atoms with van der Waals surface area (Å²) in [6.45, 7) is 6.93. The van der Waals surface area contributed by atoms with Crippen molar-refractivity contribution in [3.05, 3.63) is 47.0 Å². The van der Waals surface area contributed by atoms with Crippen molar-refractivity contribution in [2.45, 2.75) is 58.7 Å². The maximum Gasteiger partial charge on any atom is 0.365 e. The molecule has 0 saturated carbocycles. The molecule has 1 aliphatic rings. The lowest BCUT2D eigenvalue weighted by Gasteiger charge is -2.43. The van der Waals surface area contributed by atoms with Gasteiger partial charge in [0.15, 0.2) is 10.8 Å². The number of rotatable bonds is 14. The Balaban J connectivity index is 1.60. The zero-order chi connectivity index (χ0) is 32.2. The third-order valence-corrected chi connectivity index (χ3v) is 8.43. The number of nitrogens with zero attached hydrogens (tertiary/aromatic N) is 3. The average molecular weight is 640 g/mol. The number of esters is 1. The number of hydrogen-bond donors (Lipinski definition) is 3. The number of amides is 2. The molecule has 0 spiro atoms. The van der Waals surface area contributed by atoms with E-state index in [0.717, 1.165) is 11.3 Å². The number of ether oxygens (including phenoxy) is 1. The molecule has 4 N–H and O–H groups in total. The first kappa shape index (κ1) is 33.4. The lowest BCUT2D eigenvalue weighted by molar-refractivity contribution is -0.161. The lowest BCUT2D eigenvalue weighted by Crippen LogP contribution is -2.71. The van der Waals surface area contributed by atoms with Gasteiger partial charge in [-0.3, -0.25) is 13.8 Å². The molecule has 0 aliphatic carbocycles. The number of oxime groups is 1. The van der Waals surface area contributed by atoms with Crippen molar-refractivity contribution in [3.8, 4) is 0 Å². The van der Waals surface area contributed by atoms with E-state index in [1.807, 2.05) is 0 Å². The predicted octanol–water partition coefficient (Wildman–Crippen LogP) is 1.56. The van der Waals surface area contributed by atoms with Gasteiger partial charge in [-0.25, -0.2) is 18.9 Å². The minimum absolute atomic E-state index is 0.0131. The number of carboxylic acid groups (broad SMARTS) is 1. The molecule has 2 heterocycles. The number of benzene rings is 1. The summed E-state index contributed by atoms with van der Waals surface area (Å²) in [6, 6.07) is 6.09. The van der Waals surface area contributed by atoms with Gasteiger partial charge in [0.2, 0.25) is 5.60 Å². The van der Waals surface area contributed by atoms with E-state index in [2.05, 4.69) is 15.5 Å². The van der Waals surface area contributed by atoms with E-state index in [1.54, 1.807) is 44.2 Å². The summed E-state index contributed by atoms with van der Waals surface area (Å²) >= 11 is 0.984. The van der Waals surface area contributed by atoms with E-state index >= 15 is 0 Å². The smallest absolute Gasteiger partial charge is 0.365 e. The first-order chi connectivity index (χ1) is 19.9.